The van der Waals surface area contributed by atoms with E-state index in [0.29, 0.717) is 13.0 Å². The van der Waals surface area contributed by atoms with Crippen LogP contribution in [0.15, 0.2) is 5.16 Å². The fraction of sp³-hybridized carbons (Fsp3) is 0.800. The Morgan fingerprint density at radius 2 is 2.28 bits per heavy atom. The highest BCUT2D eigenvalue weighted by molar-refractivity contribution is 8.01. The second-order valence-electron chi connectivity index (χ2n) is 4.40. The molecule has 8 heteroatoms. The Kier molecular flexibility index (Phi) is 4.29. The Morgan fingerprint density at radius 3 is 2.83 bits per heavy atom. The number of nitrogens with two attached hydrogens (primary N) is 1. The highest BCUT2D eigenvalue weighted by Gasteiger charge is 2.30. The van der Waals surface area contributed by atoms with Crippen molar-refractivity contribution in [2.24, 2.45) is 5.73 Å². The zero-order chi connectivity index (χ0) is 13.2. The van der Waals surface area contributed by atoms with Gasteiger partial charge in [-0.1, -0.05) is 18.7 Å². The summed E-state index contributed by atoms with van der Waals surface area (Å²) >= 11 is 1.51. The molecular formula is C10H18N4O2S2. The fourth-order valence-electron chi connectivity index (χ4n) is 2.01. The molecule has 6 nitrogen and oxygen atoms in total. The van der Waals surface area contributed by atoms with Crippen molar-refractivity contribution in [2.75, 3.05) is 11.5 Å². The Labute approximate surface area is 111 Å². The average molecular weight is 290 g/mol. The van der Waals surface area contributed by atoms with Crippen LogP contribution in [0, 0.1) is 0 Å². The molecule has 1 saturated heterocycles. The summed E-state index contributed by atoms with van der Waals surface area (Å²) in [5.41, 5.74) is 5.62. The Morgan fingerprint density at radius 1 is 1.50 bits per heavy atom. The summed E-state index contributed by atoms with van der Waals surface area (Å²) in [6.45, 7) is 3.26. The SMILES string of the molecule is CCCn1c(CN)nnc1SC1CCS(=O)(=O)C1. The lowest BCUT2D eigenvalue weighted by Gasteiger charge is -2.10. The molecule has 1 aliphatic heterocycles. The van der Waals surface area contributed by atoms with Gasteiger partial charge in [-0.3, -0.25) is 0 Å². The molecule has 18 heavy (non-hydrogen) atoms. The molecule has 1 unspecified atom stereocenters. The molecule has 0 spiro atoms. The molecule has 1 fully saturated rings. The van der Waals surface area contributed by atoms with Gasteiger partial charge in [-0.25, -0.2) is 8.42 Å². The minimum Gasteiger partial charge on any atom is -0.324 e. The second-order valence-corrected chi connectivity index (χ2v) is 7.89. The van der Waals surface area contributed by atoms with E-state index in [1.165, 1.54) is 11.8 Å². The molecule has 0 aromatic carbocycles. The predicted molar refractivity (Wildman–Crippen MR) is 71.1 cm³/mol. The molecule has 0 saturated carbocycles. The average Bonchev–Trinajstić information content (AvgIpc) is 2.84. The normalized spacial score (nSPS) is 22.4. The van der Waals surface area contributed by atoms with Crippen molar-refractivity contribution in [1.29, 1.82) is 0 Å². The summed E-state index contributed by atoms with van der Waals surface area (Å²) in [5.74, 6) is 1.30. The molecule has 1 aromatic rings. The third-order valence-electron chi connectivity index (χ3n) is 2.89. The zero-order valence-electron chi connectivity index (χ0n) is 10.4. The van der Waals surface area contributed by atoms with Gasteiger partial charge in [-0.05, 0) is 12.8 Å². The van der Waals surface area contributed by atoms with Crippen LogP contribution in [0.4, 0.5) is 0 Å². The Balaban J connectivity index is 2.12. The molecule has 1 atom stereocenters. The van der Waals surface area contributed by atoms with Crippen molar-refractivity contribution >= 4 is 21.6 Å². The molecule has 2 rings (SSSR count). The van der Waals surface area contributed by atoms with Crippen LogP contribution in [0.5, 0.6) is 0 Å². The summed E-state index contributed by atoms with van der Waals surface area (Å²) in [6, 6.07) is 0. The van der Waals surface area contributed by atoms with Gasteiger partial charge in [0, 0.05) is 11.8 Å². The maximum atomic E-state index is 11.4. The molecule has 0 bridgehead atoms. The van der Waals surface area contributed by atoms with Crippen LogP contribution in [0.1, 0.15) is 25.6 Å². The zero-order valence-corrected chi connectivity index (χ0v) is 12.0. The molecular weight excluding hydrogens is 272 g/mol. The van der Waals surface area contributed by atoms with Crippen molar-refractivity contribution in [3.05, 3.63) is 5.82 Å². The lowest BCUT2D eigenvalue weighted by molar-refractivity contribution is 0.591. The molecule has 0 aliphatic carbocycles. The van der Waals surface area contributed by atoms with E-state index >= 15 is 0 Å². The minimum absolute atomic E-state index is 0.0976. The van der Waals surface area contributed by atoms with Crippen molar-refractivity contribution in [2.45, 2.75) is 43.3 Å². The van der Waals surface area contributed by atoms with Gasteiger partial charge in [-0.15, -0.1) is 10.2 Å². The fourth-order valence-corrected chi connectivity index (χ4v) is 5.54. The van der Waals surface area contributed by atoms with Crippen LogP contribution in [-0.2, 0) is 22.9 Å². The van der Waals surface area contributed by atoms with Crippen molar-refractivity contribution < 1.29 is 8.42 Å². The van der Waals surface area contributed by atoms with Crippen LogP contribution in [0.25, 0.3) is 0 Å². The van der Waals surface area contributed by atoms with Crippen molar-refractivity contribution in [3.8, 4) is 0 Å². The number of hydrogen-bond donors (Lipinski definition) is 1. The highest BCUT2D eigenvalue weighted by Crippen LogP contribution is 2.30. The van der Waals surface area contributed by atoms with E-state index in [1.807, 2.05) is 4.57 Å². The number of sulfone groups is 1. The molecule has 102 valence electrons. The first-order valence-corrected chi connectivity index (χ1v) is 8.75. The monoisotopic (exact) mass is 290 g/mol. The van der Waals surface area contributed by atoms with Gasteiger partial charge in [0.15, 0.2) is 15.0 Å². The first kappa shape index (κ1) is 13.8. The number of thioether (sulfide) groups is 1. The van der Waals surface area contributed by atoms with E-state index in [9.17, 15) is 8.42 Å². The number of rotatable bonds is 5. The number of aromatic nitrogens is 3. The van der Waals surface area contributed by atoms with Crippen molar-refractivity contribution in [1.82, 2.24) is 14.8 Å². The van der Waals surface area contributed by atoms with E-state index in [0.717, 1.165) is 23.9 Å². The predicted octanol–water partition coefficient (Wildman–Crippen LogP) is 0.426. The number of hydrogen-bond acceptors (Lipinski definition) is 6. The maximum Gasteiger partial charge on any atom is 0.191 e. The summed E-state index contributed by atoms with van der Waals surface area (Å²) in [6.07, 6.45) is 1.67. The Bertz CT molecular complexity index is 512. The van der Waals surface area contributed by atoms with E-state index in [-0.39, 0.29) is 16.8 Å². The lowest BCUT2D eigenvalue weighted by Crippen LogP contribution is -2.11. The van der Waals surface area contributed by atoms with Crippen LogP contribution in [0.2, 0.25) is 0 Å². The molecule has 0 radical (unpaired) electrons. The van der Waals surface area contributed by atoms with Gasteiger partial charge in [0.1, 0.15) is 5.82 Å². The standard InChI is InChI=1S/C10H18N4O2S2/c1-2-4-14-9(6-11)12-13-10(14)17-8-3-5-18(15,16)7-8/h8H,2-7,11H2,1H3. The lowest BCUT2D eigenvalue weighted by atomic mass is 10.4. The molecule has 2 N–H and O–H groups in total. The van der Waals surface area contributed by atoms with E-state index in [1.54, 1.807) is 0 Å². The van der Waals surface area contributed by atoms with Gasteiger partial charge in [0.2, 0.25) is 0 Å². The van der Waals surface area contributed by atoms with Crippen molar-refractivity contribution in [3.63, 3.8) is 0 Å². The maximum absolute atomic E-state index is 11.4. The quantitative estimate of drug-likeness (QED) is 0.845. The third kappa shape index (κ3) is 3.04. The van der Waals surface area contributed by atoms with E-state index < -0.39 is 9.84 Å². The van der Waals surface area contributed by atoms with E-state index in [2.05, 4.69) is 17.1 Å². The van der Waals surface area contributed by atoms with Crippen LogP contribution < -0.4 is 5.73 Å². The highest BCUT2D eigenvalue weighted by atomic mass is 32.2. The first-order chi connectivity index (χ1) is 8.55. The molecule has 2 heterocycles. The van der Waals surface area contributed by atoms with E-state index in [4.69, 9.17) is 5.73 Å². The minimum atomic E-state index is -2.84. The molecule has 0 amide bonds. The summed E-state index contributed by atoms with van der Waals surface area (Å²) in [5, 5.41) is 9.06. The number of nitrogens with zero attached hydrogens (tertiary/aromatic N) is 3. The van der Waals surface area contributed by atoms with Crippen LogP contribution >= 0.6 is 11.8 Å². The summed E-state index contributed by atoms with van der Waals surface area (Å²) < 4.78 is 24.8. The first-order valence-electron chi connectivity index (χ1n) is 6.05. The van der Waals surface area contributed by atoms with Gasteiger partial charge in [0.25, 0.3) is 0 Å². The van der Waals surface area contributed by atoms with Crippen LogP contribution in [0.3, 0.4) is 0 Å². The van der Waals surface area contributed by atoms with Crippen LogP contribution in [-0.4, -0.2) is 39.9 Å². The smallest absolute Gasteiger partial charge is 0.191 e. The summed E-state index contributed by atoms with van der Waals surface area (Å²) in [4.78, 5) is 0. The van der Waals surface area contributed by atoms with Gasteiger partial charge in [-0.2, -0.15) is 0 Å². The second kappa shape index (κ2) is 5.58. The molecule has 1 aliphatic rings. The summed E-state index contributed by atoms with van der Waals surface area (Å²) in [7, 11) is -2.84. The third-order valence-corrected chi connectivity index (χ3v) is 6.11. The van der Waals surface area contributed by atoms with Gasteiger partial charge >= 0.3 is 0 Å². The van der Waals surface area contributed by atoms with Gasteiger partial charge < -0.3 is 10.3 Å². The van der Waals surface area contributed by atoms with Gasteiger partial charge in [0.05, 0.1) is 18.1 Å². The Hall–Kier alpha value is -0.600. The topological polar surface area (TPSA) is 90.9 Å². The largest absolute Gasteiger partial charge is 0.324 e. The molecule has 1 aromatic heterocycles.